The summed E-state index contributed by atoms with van der Waals surface area (Å²) in [6, 6.07) is -1.80. The molecule has 0 aliphatic rings. The van der Waals surface area contributed by atoms with Gasteiger partial charge in [0.05, 0.1) is 6.54 Å². The lowest BCUT2D eigenvalue weighted by Crippen LogP contribution is -2.51. The highest BCUT2D eigenvalue weighted by molar-refractivity contribution is 5.90. The van der Waals surface area contributed by atoms with Gasteiger partial charge in [0.2, 0.25) is 11.8 Å². The van der Waals surface area contributed by atoms with Gasteiger partial charge in [-0.3, -0.25) is 9.59 Å². The summed E-state index contributed by atoms with van der Waals surface area (Å²) in [4.78, 5) is 33.7. The van der Waals surface area contributed by atoms with Crippen LogP contribution >= 0.6 is 0 Å². The van der Waals surface area contributed by atoms with Crippen LogP contribution in [0.5, 0.6) is 0 Å². The van der Waals surface area contributed by atoms with Crippen molar-refractivity contribution in [2.24, 2.45) is 11.5 Å². The van der Waals surface area contributed by atoms with Gasteiger partial charge < -0.3 is 27.2 Å². The van der Waals surface area contributed by atoms with E-state index in [9.17, 15) is 14.4 Å². The standard InChI is InChI=1S/C11H22N4O4/c1-7(14-9(16)6-13)10(17)15-8(11(18)19)4-2-3-5-12/h7-8H,2-6,12-13H2,1H3,(H,14,16)(H,15,17)(H,18,19)/t7-,8-/m0/s1. The molecule has 7 N–H and O–H groups in total. The summed E-state index contributed by atoms with van der Waals surface area (Å²) in [5.41, 5.74) is 10.4. The van der Waals surface area contributed by atoms with Crippen molar-refractivity contribution >= 4 is 17.8 Å². The molecule has 8 heteroatoms. The molecule has 0 saturated heterocycles. The number of carboxylic acids is 1. The van der Waals surface area contributed by atoms with Gasteiger partial charge in [0.1, 0.15) is 12.1 Å². The first-order chi connectivity index (χ1) is 8.92. The number of nitrogens with one attached hydrogen (secondary N) is 2. The number of carbonyl (C=O) groups is 3. The van der Waals surface area contributed by atoms with Gasteiger partial charge >= 0.3 is 5.97 Å². The summed E-state index contributed by atoms with van der Waals surface area (Å²) >= 11 is 0. The molecule has 0 fully saturated rings. The minimum atomic E-state index is -1.11. The molecule has 0 bridgehead atoms. The number of amides is 2. The molecule has 0 saturated carbocycles. The lowest BCUT2D eigenvalue weighted by atomic mass is 10.1. The molecule has 0 aromatic carbocycles. The molecule has 0 aromatic rings. The molecular weight excluding hydrogens is 252 g/mol. The Labute approximate surface area is 111 Å². The number of aliphatic carboxylic acids is 1. The normalized spacial score (nSPS) is 13.4. The van der Waals surface area contributed by atoms with Crippen molar-refractivity contribution in [1.29, 1.82) is 0 Å². The first-order valence-corrected chi connectivity index (χ1v) is 6.15. The van der Waals surface area contributed by atoms with Gasteiger partial charge in [0.25, 0.3) is 0 Å². The zero-order valence-corrected chi connectivity index (χ0v) is 11.0. The molecule has 0 heterocycles. The Morgan fingerprint density at radius 2 is 1.79 bits per heavy atom. The summed E-state index contributed by atoms with van der Waals surface area (Å²) in [6.45, 7) is 1.71. The Hall–Kier alpha value is -1.67. The number of rotatable bonds is 9. The minimum Gasteiger partial charge on any atom is -0.480 e. The van der Waals surface area contributed by atoms with Crippen molar-refractivity contribution in [3.8, 4) is 0 Å². The van der Waals surface area contributed by atoms with Crippen molar-refractivity contribution in [1.82, 2.24) is 10.6 Å². The number of carbonyl (C=O) groups excluding carboxylic acids is 2. The van der Waals surface area contributed by atoms with Crippen LogP contribution in [0.4, 0.5) is 0 Å². The quantitative estimate of drug-likeness (QED) is 0.312. The Kier molecular flexibility index (Phi) is 8.47. The molecule has 8 nitrogen and oxygen atoms in total. The van der Waals surface area contributed by atoms with Gasteiger partial charge in [-0.2, -0.15) is 0 Å². The number of hydrogen-bond acceptors (Lipinski definition) is 5. The number of carboxylic acid groups (broad SMARTS) is 1. The third kappa shape index (κ3) is 7.37. The van der Waals surface area contributed by atoms with E-state index in [0.717, 1.165) is 0 Å². The van der Waals surface area contributed by atoms with E-state index in [4.69, 9.17) is 16.6 Å². The van der Waals surface area contributed by atoms with Crippen molar-refractivity contribution in [3.63, 3.8) is 0 Å². The smallest absolute Gasteiger partial charge is 0.326 e. The maximum Gasteiger partial charge on any atom is 0.326 e. The highest BCUT2D eigenvalue weighted by Gasteiger charge is 2.23. The molecule has 2 amide bonds. The van der Waals surface area contributed by atoms with E-state index in [-0.39, 0.29) is 6.54 Å². The Bertz CT molecular complexity index is 322. The van der Waals surface area contributed by atoms with Gasteiger partial charge in [0, 0.05) is 0 Å². The van der Waals surface area contributed by atoms with Crippen LogP contribution in [0.25, 0.3) is 0 Å². The fourth-order valence-electron chi connectivity index (χ4n) is 1.41. The fraction of sp³-hybridized carbons (Fsp3) is 0.727. The van der Waals surface area contributed by atoms with Crippen molar-refractivity contribution in [2.75, 3.05) is 13.1 Å². The lowest BCUT2D eigenvalue weighted by molar-refractivity contribution is -0.142. The van der Waals surface area contributed by atoms with Gasteiger partial charge in [-0.25, -0.2) is 4.79 Å². The second kappa shape index (κ2) is 9.29. The maximum absolute atomic E-state index is 11.7. The van der Waals surface area contributed by atoms with Gasteiger partial charge in [-0.15, -0.1) is 0 Å². The first kappa shape index (κ1) is 17.3. The zero-order chi connectivity index (χ0) is 14.8. The second-order valence-corrected chi connectivity index (χ2v) is 4.18. The first-order valence-electron chi connectivity index (χ1n) is 6.15. The highest BCUT2D eigenvalue weighted by atomic mass is 16.4. The molecule has 0 unspecified atom stereocenters. The van der Waals surface area contributed by atoms with E-state index < -0.39 is 29.9 Å². The predicted octanol–water partition coefficient (Wildman–Crippen LogP) is -1.85. The van der Waals surface area contributed by atoms with E-state index in [2.05, 4.69) is 10.6 Å². The highest BCUT2D eigenvalue weighted by Crippen LogP contribution is 2.01. The monoisotopic (exact) mass is 274 g/mol. The van der Waals surface area contributed by atoms with Crippen LogP contribution in [0.2, 0.25) is 0 Å². The number of nitrogens with two attached hydrogens (primary N) is 2. The van der Waals surface area contributed by atoms with Crippen LogP contribution in [0.3, 0.4) is 0 Å². The molecule has 110 valence electrons. The van der Waals surface area contributed by atoms with Crippen LogP contribution < -0.4 is 22.1 Å². The molecule has 0 rings (SSSR count). The van der Waals surface area contributed by atoms with Crippen molar-refractivity contribution in [2.45, 2.75) is 38.3 Å². The zero-order valence-electron chi connectivity index (χ0n) is 11.0. The topological polar surface area (TPSA) is 148 Å². The molecule has 0 aliphatic heterocycles. The summed E-state index contributed by atoms with van der Waals surface area (Å²) < 4.78 is 0. The summed E-state index contributed by atoms with van der Waals surface area (Å²) in [5, 5.41) is 13.7. The summed E-state index contributed by atoms with van der Waals surface area (Å²) in [6.07, 6.45) is 1.60. The average molecular weight is 274 g/mol. The van der Waals surface area contributed by atoms with Gasteiger partial charge in [-0.05, 0) is 32.7 Å². The molecule has 0 aliphatic carbocycles. The van der Waals surface area contributed by atoms with Crippen LogP contribution in [-0.2, 0) is 14.4 Å². The summed E-state index contributed by atoms with van der Waals surface area (Å²) in [5.74, 6) is -2.14. The third-order valence-corrected chi connectivity index (χ3v) is 2.52. The molecule has 19 heavy (non-hydrogen) atoms. The fourth-order valence-corrected chi connectivity index (χ4v) is 1.41. The molecular formula is C11H22N4O4. The Morgan fingerprint density at radius 3 is 2.26 bits per heavy atom. The number of unbranched alkanes of at least 4 members (excludes halogenated alkanes) is 1. The van der Waals surface area contributed by atoms with E-state index in [1.54, 1.807) is 0 Å². The average Bonchev–Trinajstić information content (AvgIpc) is 2.36. The second-order valence-electron chi connectivity index (χ2n) is 4.18. The molecule has 0 spiro atoms. The lowest BCUT2D eigenvalue weighted by Gasteiger charge is -2.18. The molecule has 0 aromatic heterocycles. The minimum absolute atomic E-state index is 0.226. The maximum atomic E-state index is 11.7. The van der Waals surface area contributed by atoms with E-state index in [1.807, 2.05) is 0 Å². The van der Waals surface area contributed by atoms with Crippen LogP contribution in [-0.4, -0.2) is 48.1 Å². The predicted molar refractivity (Wildman–Crippen MR) is 69.1 cm³/mol. The van der Waals surface area contributed by atoms with Crippen molar-refractivity contribution < 1.29 is 19.5 Å². The Balaban J connectivity index is 4.29. The van der Waals surface area contributed by atoms with Crippen molar-refractivity contribution in [3.05, 3.63) is 0 Å². The van der Waals surface area contributed by atoms with Crippen LogP contribution in [0, 0.1) is 0 Å². The van der Waals surface area contributed by atoms with Crippen LogP contribution in [0.1, 0.15) is 26.2 Å². The van der Waals surface area contributed by atoms with E-state index >= 15 is 0 Å². The number of hydrogen-bond donors (Lipinski definition) is 5. The van der Waals surface area contributed by atoms with Gasteiger partial charge in [0.15, 0.2) is 0 Å². The van der Waals surface area contributed by atoms with Gasteiger partial charge in [-0.1, -0.05) is 0 Å². The molecule has 0 radical (unpaired) electrons. The summed E-state index contributed by atoms with van der Waals surface area (Å²) in [7, 11) is 0. The third-order valence-electron chi connectivity index (χ3n) is 2.52. The Morgan fingerprint density at radius 1 is 1.16 bits per heavy atom. The van der Waals surface area contributed by atoms with E-state index in [1.165, 1.54) is 6.92 Å². The van der Waals surface area contributed by atoms with E-state index in [0.29, 0.717) is 25.8 Å². The largest absolute Gasteiger partial charge is 0.480 e. The SMILES string of the molecule is C[C@H](NC(=O)CN)C(=O)N[C@@H](CCCCN)C(=O)O. The van der Waals surface area contributed by atoms with Crippen LogP contribution in [0.15, 0.2) is 0 Å². The molecule has 2 atom stereocenters.